The third-order valence-corrected chi connectivity index (χ3v) is 4.90. The molecule has 2 aromatic rings. The lowest BCUT2D eigenvalue weighted by Crippen LogP contribution is -2.55. The van der Waals surface area contributed by atoms with Gasteiger partial charge in [0.1, 0.15) is 5.75 Å². The van der Waals surface area contributed by atoms with Crippen molar-refractivity contribution in [2.75, 3.05) is 13.7 Å². The van der Waals surface area contributed by atoms with Crippen molar-refractivity contribution in [3.63, 3.8) is 0 Å². The average Bonchev–Trinajstić information content (AvgIpc) is 2.59. The molecule has 25 heavy (non-hydrogen) atoms. The Kier molecular flexibility index (Phi) is 3.49. The summed E-state index contributed by atoms with van der Waals surface area (Å²) in [6, 6.07) is 10.9. The topological polar surface area (TPSA) is 71.0 Å². The summed E-state index contributed by atoms with van der Waals surface area (Å²) in [4.78, 5) is 13.8. The van der Waals surface area contributed by atoms with Crippen molar-refractivity contribution in [1.29, 1.82) is 0 Å². The monoisotopic (exact) mass is 340 g/mol. The van der Waals surface area contributed by atoms with Crippen LogP contribution in [0.1, 0.15) is 25.5 Å². The quantitative estimate of drug-likeness (QED) is 0.825. The van der Waals surface area contributed by atoms with Gasteiger partial charge in [0.25, 0.3) is 0 Å². The minimum atomic E-state index is -1.92. The lowest BCUT2D eigenvalue weighted by Gasteiger charge is -2.45. The molecule has 0 aliphatic carbocycles. The van der Waals surface area contributed by atoms with E-state index in [2.05, 4.69) is 5.32 Å². The molecule has 6 heteroatoms. The molecule has 2 aliphatic heterocycles. The maximum atomic E-state index is 12.4. The van der Waals surface area contributed by atoms with Gasteiger partial charge in [0.2, 0.25) is 0 Å². The fraction of sp³-hybridized carbons (Fsp3) is 0.316. The summed E-state index contributed by atoms with van der Waals surface area (Å²) in [5.74, 6) is -1.41. The van der Waals surface area contributed by atoms with Crippen molar-refractivity contribution in [3.05, 3.63) is 53.2 Å². The number of allylic oxidation sites excluding steroid dienone is 1. The van der Waals surface area contributed by atoms with E-state index < -0.39 is 12.0 Å². The summed E-state index contributed by atoms with van der Waals surface area (Å²) in [5.41, 5.74) is 1.95. The number of carbonyl (C=O) groups is 1. The van der Waals surface area contributed by atoms with E-state index in [1.165, 1.54) is 4.90 Å². The first-order chi connectivity index (χ1) is 12.0. The Morgan fingerprint density at radius 1 is 1.32 bits per heavy atom. The van der Waals surface area contributed by atoms with Crippen molar-refractivity contribution >= 4 is 16.8 Å². The number of hydrogen-bond acceptors (Lipinski definition) is 4. The number of amides is 2. The molecule has 0 radical (unpaired) electrons. The van der Waals surface area contributed by atoms with Gasteiger partial charge in [-0.3, -0.25) is 0 Å². The SMILES string of the molecule is CCO[C@]1(O)Oc2ccc3ccccc3c2[C@H]2NC(=O)N(C)C(C)=C21. The van der Waals surface area contributed by atoms with Crippen molar-refractivity contribution in [2.45, 2.75) is 25.9 Å². The van der Waals surface area contributed by atoms with Crippen molar-refractivity contribution in [2.24, 2.45) is 0 Å². The van der Waals surface area contributed by atoms with Gasteiger partial charge in [-0.15, -0.1) is 0 Å². The van der Waals surface area contributed by atoms with Gasteiger partial charge < -0.3 is 24.8 Å². The van der Waals surface area contributed by atoms with E-state index in [1.54, 1.807) is 27.0 Å². The number of aliphatic hydroxyl groups is 1. The van der Waals surface area contributed by atoms with E-state index >= 15 is 0 Å². The summed E-state index contributed by atoms with van der Waals surface area (Å²) in [7, 11) is 1.65. The summed E-state index contributed by atoms with van der Waals surface area (Å²) in [6.45, 7) is 3.83. The molecule has 0 fully saturated rings. The Labute approximate surface area is 145 Å². The van der Waals surface area contributed by atoms with Crippen molar-refractivity contribution < 1.29 is 19.4 Å². The smallest absolute Gasteiger partial charge is 0.354 e. The Hall–Kier alpha value is -2.57. The number of nitrogens with one attached hydrogen (secondary N) is 1. The van der Waals surface area contributed by atoms with E-state index in [-0.39, 0.29) is 12.6 Å². The molecule has 4 rings (SSSR count). The van der Waals surface area contributed by atoms with Crippen LogP contribution in [-0.4, -0.2) is 35.7 Å². The number of urea groups is 1. The molecule has 0 saturated carbocycles. The number of ether oxygens (including phenoxy) is 2. The van der Waals surface area contributed by atoms with Crippen LogP contribution in [0.15, 0.2) is 47.7 Å². The number of benzene rings is 2. The molecule has 6 nitrogen and oxygen atoms in total. The van der Waals surface area contributed by atoms with Crippen molar-refractivity contribution in [3.8, 4) is 5.75 Å². The van der Waals surface area contributed by atoms with Crippen molar-refractivity contribution in [1.82, 2.24) is 10.2 Å². The minimum absolute atomic E-state index is 0.231. The second-order valence-electron chi connectivity index (χ2n) is 6.26. The van der Waals surface area contributed by atoms with Crippen LogP contribution in [-0.2, 0) is 4.74 Å². The molecule has 0 saturated heterocycles. The summed E-state index contributed by atoms with van der Waals surface area (Å²) in [6.07, 6.45) is 0. The zero-order valence-corrected chi connectivity index (χ0v) is 14.4. The second kappa shape index (κ2) is 5.47. The zero-order valence-electron chi connectivity index (χ0n) is 14.4. The standard InChI is InChI=1S/C19H20N2O4/c1-4-24-19(23)16-11(2)21(3)18(22)20-17(16)15-13-8-6-5-7-12(13)9-10-14(15)25-19/h5-10,17,23H,4H2,1-3H3,(H,20,22)/t17-,19+/m1/s1. The summed E-state index contributed by atoms with van der Waals surface area (Å²) >= 11 is 0. The zero-order chi connectivity index (χ0) is 17.8. The number of hydrogen-bond donors (Lipinski definition) is 2. The second-order valence-corrected chi connectivity index (χ2v) is 6.26. The Morgan fingerprint density at radius 3 is 2.84 bits per heavy atom. The number of nitrogens with zero attached hydrogens (tertiary/aromatic N) is 1. The Morgan fingerprint density at radius 2 is 2.08 bits per heavy atom. The highest BCUT2D eigenvalue weighted by Crippen LogP contribution is 2.48. The van der Waals surface area contributed by atoms with Crippen LogP contribution < -0.4 is 10.1 Å². The van der Waals surface area contributed by atoms with Crippen LogP contribution in [0.2, 0.25) is 0 Å². The average molecular weight is 340 g/mol. The number of fused-ring (bicyclic) bond motifs is 5. The molecule has 0 spiro atoms. The number of carbonyl (C=O) groups excluding carboxylic acids is 1. The fourth-order valence-electron chi connectivity index (χ4n) is 3.63. The molecule has 2 aliphatic rings. The van der Waals surface area contributed by atoms with Gasteiger partial charge in [-0.1, -0.05) is 30.3 Å². The highest BCUT2D eigenvalue weighted by Gasteiger charge is 2.51. The van der Waals surface area contributed by atoms with Crippen LogP contribution in [0.3, 0.4) is 0 Å². The molecule has 0 unspecified atom stereocenters. The van der Waals surface area contributed by atoms with Crippen LogP contribution in [0.25, 0.3) is 10.8 Å². The van der Waals surface area contributed by atoms with E-state index in [4.69, 9.17) is 9.47 Å². The lowest BCUT2D eigenvalue weighted by molar-refractivity contribution is -0.298. The Bertz CT molecular complexity index is 907. The van der Waals surface area contributed by atoms with Crippen LogP contribution in [0.5, 0.6) is 5.75 Å². The van der Waals surface area contributed by atoms with Gasteiger partial charge in [0.15, 0.2) is 0 Å². The predicted molar refractivity (Wildman–Crippen MR) is 92.9 cm³/mol. The van der Waals surface area contributed by atoms with Gasteiger partial charge in [0, 0.05) is 18.3 Å². The third-order valence-electron chi connectivity index (χ3n) is 4.90. The molecule has 2 heterocycles. The highest BCUT2D eigenvalue weighted by molar-refractivity contribution is 5.90. The normalized spacial score (nSPS) is 25.4. The Balaban J connectivity index is 2.03. The first-order valence-corrected chi connectivity index (χ1v) is 8.28. The maximum Gasteiger partial charge on any atom is 0.354 e. The molecule has 0 aromatic heterocycles. The summed E-state index contributed by atoms with van der Waals surface area (Å²) < 4.78 is 11.4. The lowest BCUT2D eigenvalue weighted by atomic mass is 9.87. The molecule has 2 atom stereocenters. The van der Waals surface area contributed by atoms with Gasteiger partial charge in [-0.2, -0.15) is 0 Å². The molecule has 2 aromatic carbocycles. The fourth-order valence-corrected chi connectivity index (χ4v) is 3.63. The predicted octanol–water partition coefficient (Wildman–Crippen LogP) is 2.88. The first-order valence-electron chi connectivity index (χ1n) is 8.28. The first kappa shape index (κ1) is 15.9. The molecular weight excluding hydrogens is 320 g/mol. The van der Waals surface area contributed by atoms with Crippen LogP contribution in [0.4, 0.5) is 4.79 Å². The molecule has 0 bridgehead atoms. The molecular formula is C19H20N2O4. The van der Waals surface area contributed by atoms with E-state index in [9.17, 15) is 9.90 Å². The molecule has 2 N–H and O–H groups in total. The largest absolute Gasteiger partial charge is 0.435 e. The minimum Gasteiger partial charge on any atom is -0.435 e. The van der Waals surface area contributed by atoms with Gasteiger partial charge in [0.05, 0.1) is 18.2 Å². The van der Waals surface area contributed by atoms with Crippen LogP contribution in [0, 0.1) is 0 Å². The third kappa shape index (κ3) is 2.22. The van der Waals surface area contributed by atoms with Gasteiger partial charge >= 0.3 is 12.0 Å². The molecule has 130 valence electrons. The maximum absolute atomic E-state index is 12.4. The van der Waals surface area contributed by atoms with Gasteiger partial charge in [-0.05, 0) is 30.7 Å². The van der Waals surface area contributed by atoms with E-state index in [1.807, 2.05) is 30.3 Å². The van der Waals surface area contributed by atoms with E-state index in [0.29, 0.717) is 17.0 Å². The van der Waals surface area contributed by atoms with Crippen LogP contribution >= 0.6 is 0 Å². The van der Waals surface area contributed by atoms with E-state index in [0.717, 1.165) is 16.3 Å². The summed E-state index contributed by atoms with van der Waals surface area (Å²) in [5, 5.41) is 16.1. The van der Waals surface area contributed by atoms with Gasteiger partial charge in [-0.25, -0.2) is 4.79 Å². The number of rotatable bonds is 2. The highest BCUT2D eigenvalue weighted by atomic mass is 16.8. The molecule has 2 amide bonds.